The molecule has 4 heteroatoms. The van der Waals surface area contributed by atoms with Gasteiger partial charge >= 0.3 is 0 Å². The molecule has 1 N–H and O–H groups in total. The smallest absolute Gasteiger partial charge is 0.222 e. The number of methoxy groups -OCH3 is 1. The first-order chi connectivity index (χ1) is 7.12. The molecule has 1 aliphatic rings. The van der Waals surface area contributed by atoms with Gasteiger partial charge < -0.3 is 10.1 Å². The summed E-state index contributed by atoms with van der Waals surface area (Å²) in [4.78, 5) is 11.5. The summed E-state index contributed by atoms with van der Waals surface area (Å²) in [5.41, 5.74) is -0.222. The van der Waals surface area contributed by atoms with Crippen LogP contribution in [0.3, 0.4) is 0 Å². The zero-order valence-electron chi connectivity index (χ0n) is 9.38. The number of amides is 1. The van der Waals surface area contributed by atoms with Gasteiger partial charge in [0.15, 0.2) is 0 Å². The SMILES string of the molecule is COC1(CC(=O)NCC(C)C#N)CCC1. The lowest BCUT2D eigenvalue weighted by Crippen LogP contribution is -2.44. The molecule has 1 rings (SSSR count). The first-order valence-electron chi connectivity index (χ1n) is 5.33. The Morgan fingerprint density at radius 3 is 2.73 bits per heavy atom. The number of nitrogens with zero attached hydrogens (tertiary/aromatic N) is 1. The molecule has 1 unspecified atom stereocenters. The fourth-order valence-electron chi connectivity index (χ4n) is 1.69. The number of carbonyl (C=O) groups excluding carboxylic acids is 1. The highest BCUT2D eigenvalue weighted by molar-refractivity contribution is 5.77. The van der Waals surface area contributed by atoms with Crippen LogP contribution in [0.2, 0.25) is 0 Å². The number of nitrogens with one attached hydrogen (secondary N) is 1. The van der Waals surface area contributed by atoms with Crippen molar-refractivity contribution >= 4 is 5.91 Å². The number of ether oxygens (including phenoxy) is 1. The highest BCUT2D eigenvalue weighted by atomic mass is 16.5. The van der Waals surface area contributed by atoms with Crippen LogP contribution in [0.15, 0.2) is 0 Å². The average Bonchev–Trinajstić information content (AvgIpc) is 2.20. The monoisotopic (exact) mass is 210 g/mol. The van der Waals surface area contributed by atoms with Crippen LogP contribution in [0.4, 0.5) is 0 Å². The van der Waals surface area contributed by atoms with Crippen molar-refractivity contribution in [2.45, 2.75) is 38.2 Å². The summed E-state index contributed by atoms with van der Waals surface area (Å²) >= 11 is 0. The first-order valence-corrected chi connectivity index (χ1v) is 5.33. The van der Waals surface area contributed by atoms with E-state index in [1.54, 1.807) is 14.0 Å². The minimum Gasteiger partial charge on any atom is -0.378 e. The second-order valence-corrected chi connectivity index (χ2v) is 4.25. The van der Waals surface area contributed by atoms with Crippen LogP contribution in [0, 0.1) is 17.2 Å². The average molecular weight is 210 g/mol. The molecular formula is C11H18N2O2. The van der Waals surface area contributed by atoms with E-state index in [1.807, 2.05) is 0 Å². The van der Waals surface area contributed by atoms with Crippen molar-refractivity contribution < 1.29 is 9.53 Å². The number of carbonyl (C=O) groups is 1. The fraction of sp³-hybridized carbons (Fsp3) is 0.818. The molecule has 84 valence electrons. The summed E-state index contributed by atoms with van der Waals surface area (Å²) in [6.45, 7) is 2.21. The molecule has 0 heterocycles. The lowest BCUT2D eigenvalue weighted by atomic mass is 9.77. The molecule has 1 atom stereocenters. The van der Waals surface area contributed by atoms with Crippen LogP contribution in [-0.4, -0.2) is 25.2 Å². The second kappa shape index (κ2) is 5.13. The van der Waals surface area contributed by atoms with Crippen LogP contribution in [-0.2, 0) is 9.53 Å². The molecule has 0 saturated heterocycles. The van der Waals surface area contributed by atoms with E-state index in [0.717, 1.165) is 19.3 Å². The van der Waals surface area contributed by atoms with Gasteiger partial charge in [-0.25, -0.2) is 0 Å². The van der Waals surface area contributed by atoms with E-state index in [2.05, 4.69) is 11.4 Å². The highest BCUT2D eigenvalue weighted by Gasteiger charge is 2.38. The van der Waals surface area contributed by atoms with E-state index in [-0.39, 0.29) is 17.4 Å². The Hall–Kier alpha value is -1.08. The quantitative estimate of drug-likeness (QED) is 0.742. The maximum atomic E-state index is 11.5. The molecular weight excluding hydrogens is 192 g/mol. The van der Waals surface area contributed by atoms with Crippen molar-refractivity contribution in [3.05, 3.63) is 0 Å². The number of rotatable bonds is 5. The minimum absolute atomic E-state index is 0.0151. The summed E-state index contributed by atoms with van der Waals surface area (Å²) in [6, 6.07) is 2.08. The topological polar surface area (TPSA) is 62.1 Å². The van der Waals surface area contributed by atoms with Crippen LogP contribution in [0.5, 0.6) is 0 Å². The zero-order chi connectivity index (χ0) is 11.3. The summed E-state index contributed by atoms with van der Waals surface area (Å²) < 4.78 is 5.35. The Kier molecular flexibility index (Phi) is 4.10. The van der Waals surface area contributed by atoms with Gasteiger partial charge in [0, 0.05) is 13.7 Å². The molecule has 4 nitrogen and oxygen atoms in total. The summed E-state index contributed by atoms with van der Waals surface area (Å²) in [5.74, 6) is -0.146. The third-order valence-corrected chi connectivity index (χ3v) is 3.01. The third kappa shape index (κ3) is 3.21. The number of nitriles is 1. The normalized spacial score (nSPS) is 19.8. The molecule has 1 amide bonds. The second-order valence-electron chi connectivity index (χ2n) is 4.25. The minimum atomic E-state index is -0.222. The lowest BCUT2D eigenvalue weighted by Gasteiger charge is -2.39. The predicted octanol–water partition coefficient (Wildman–Crippen LogP) is 1.22. The molecule has 15 heavy (non-hydrogen) atoms. The van der Waals surface area contributed by atoms with Gasteiger partial charge in [-0.2, -0.15) is 5.26 Å². The van der Waals surface area contributed by atoms with E-state index < -0.39 is 0 Å². The van der Waals surface area contributed by atoms with E-state index in [1.165, 1.54) is 0 Å². The van der Waals surface area contributed by atoms with Gasteiger partial charge in [-0.1, -0.05) is 0 Å². The Morgan fingerprint density at radius 1 is 1.67 bits per heavy atom. The van der Waals surface area contributed by atoms with E-state index in [0.29, 0.717) is 13.0 Å². The summed E-state index contributed by atoms with van der Waals surface area (Å²) in [6.07, 6.45) is 3.48. The summed E-state index contributed by atoms with van der Waals surface area (Å²) in [5, 5.41) is 11.3. The van der Waals surface area contributed by atoms with E-state index in [9.17, 15) is 4.79 Å². The Labute approximate surface area is 90.6 Å². The Balaban J connectivity index is 2.27. The van der Waals surface area contributed by atoms with Gasteiger partial charge in [-0.05, 0) is 26.2 Å². The Bertz CT molecular complexity index is 261. The standard InChI is InChI=1S/C11H18N2O2/c1-9(7-12)8-13-10(14)6-11(15-2)4-3-5-11/h9H,3-6,8H2,1-2H3,(H,13,14). The molecule has 1 fully saturated rings. The van der Waals surface area contributed by atoms with Gasteiger partial charge in [0.05, 0.1) is 24.0 Å². The van der Waals surface area contributed by atoms with Crippen LogP contribution >= 0.6 is 0 Å². The predicted molar refractivity (Wildman–Crippen MR) is 56.0 cm³/mol. The largest absolute Gasteiger partial charge is 0.378 e. The van der Waals surface area contributed by atoms with Gasteiger partial charge in [-0.3, -0.25) is 4.79 Å². The van der Waals surface area contributed by atoms with Gasteiger partial charge in [0.2, 0.25) is 5.91 Å². The van der Waals surface area contributed by atoms with Gasteiger partial charge in [0.25, 0.3) is 0 Å². The number of hydrogen-bond donors (Lipinski definition) is 1. The molecule has 1 saturated carbocycles. The lowest BCUT2D eigenvalue weighted by molar-refractivity contribution is -0.134. The summed E-state index contributed by atoms with van der Waals surface area (Å²) in [7, 11) is 1.66. The third-order valence-electron chi connectivity index (χ3n) is 3.01. The van der Waals surface area contributed by atoms with E-state index >= 15 is 0 Å². The highest BCUT2D eigenvalue weighted by Crippen LogP contribution is 2.37. The fourth-order valence-corrected chi connectivity index (χ4v) is 1.69. The molecule has 0 aromatic rings. The molecule has 0 aromatic heterocycles. The molecule has 0 aliphatic heterocycles. The first kappa shape index (κ1) is 12.0. The zero-order valence-corrected chi connectivity index (χ0v) is 9.38. The van der Waals surface area contributed by atoms with Crippen molar-refractivity contribution in [3.8, 4) is 6.07 Å². The van der Waals surface area contributed by atoms with Crippen molar-refractivity contribution in [2.75, 3.05) is 13.7 Å². The number of hydrogen-bond acceptors (Lipinski definition) is 3. The van der Waals surface area contributed by atoms with Crippen molar-refractivity contribution in [1.29, 1.82) is 5.26 Å². The van der Waals surface area contributed by atoms with Gasteiger partial charge in [0.1, 0.15) is 0 Å². The maximum Gasteiger partial charge on any atom is 0.222 e. The molecule has 0 bridgehead atoms. The van der Waals surface area contributed by atoms with E-state index in [4.69, 9.17) is 10.00 Å². The van der Waals surface area contributed by atoms with Crippen molar-refractivity contribution in [3.63, 3.8) is 0 Å². The molecule has 1 aliphatic carbocycles. The van der Waals surface area contributed by atoms with Crippen molar-refractivity contribution in [2.24, 2.45) is 5.92 Å². The molecule has 0 radical (unpaired) electrons. The van der Waals surface area contributed by atoms with Crippen LogP contribution in [0.1, 0.15) is 32.6 Å². The van der Waals surface area contributed by atoms with Crippen molar-refractivity contribution in [1.82, 2.24) is 5.32 Å². The molecule has 0 spiro atoms. The molecule has 0 aromatic carbocycles. The Morgan fingerprint density at radius 2 is 2.33 bits per heavy atom. The maximum absolute atomic E-state index is 11.5. The van der Waals surface area contributed by atoms with Gasteiger partial charge in [-0.15, -0.1) is 0 Å². The van der Waals surface area contributed by atoms with Crippen LogP contribution in [0.25, 0.3) is 0 Å². The van der Waals surface area contributed by atoms with Crippen LogP contribution < -0.4 is 5.32 Å².